The molecule has 0 rings (SSSR count). The van der Waals surface area contributed by atoms with Crippen molar-refractivity contribution in [3.05, 3.63) is 0 Å². The van der Waals surface area contributed by atoms with Crippen molar-refractivity contribution in [2.24, 2.45) is 23.1 Å². The van der Waals surface area contributed by atoms with Crippen LogP contribution in [-0.2, 0) is 24.0 Å². The van der Waals surface area contributed by atoms with Crippen LogP contribution in [-0.4, -0.2) is 77.1 Å². The number of hydrogen-bond donors (Lipinski definition) is 8. The highest BCUT2D eigenvalue weighted by Gasteiger charge is 2.32. The van der Waals surface area contributed by atoms with E-state index in [4.69, 9.17) is 22.3 Å². The lowest BCUT2D eigenvalue weighted by molar-refractivity contribution is -0.147. The van der Waals surface area contributed by atoms with Crippen molar-refractivity contribution in [3.63, 3.8) is 0 Å². The molecule has 13 heteroatoms. The summed E-state index contributed by atoms with van der Waals surface area (Å²) in [6.45, 7) is 4.44. The summed E-state index contributed by atoms with van der Waals surface area (Å²) in [6, 6.07) is -4.61. The Labute approximate surface area is 205 Å². The number of rotatable bonds is 19. The third-order valence-electron chi connectivity index (χ3n) is 5.67. The first-order valence-electron chi connectivity index (χ1n) is 12.0. The highest BCUT2D eigenvalue weighted by Crippen LogP contribution is 2.11. The van der Waals surface area contributed by atoms with Crippen LogP contribution in [0.1, 0.15) is 65.2 Å². The summed E-state index contributed by atoms with van der Waals surface area (Å²) in [5.74, 6) is -5.16. The van der Waals surface area contributed by atoms with Gasteiger partial charge in [0.15, 0.2) is 0 Å². The standard InChI is InChI=1S/C22H42N6O7/c1-3-13(2)18(28-19(31)14(25)8-4-6-10-23)21(33)26-15(9-5-7-11-24)20(32)27-16(22(34)35)12-17(29)30/h13-16,18H,3-12,23-25H2,1-2H3,(H,26,33)(H,27,32)(H,28,31)(H,29,30)(H,34,35). The van der Waals surface area contributed by atoms with Crippen molar-refractivity contribution in [2.45, 2.75) is 89.4 Å². The van der Waals surface area contributed by atoms with E-state index in [0.717, 1.165) is 6.42 Å². The molecular formula is C22H42N6O7. The van der Waals surface area contributed by atoms with Crippen LogP contribution in [0.25, 0.3) is 0 Å². The molecule has 13 nitrogen and oxygen atoms in total. The molecule has 0 heterocycles. The number of nitrogens with two attached hydrogens (primary N) is 3. The lowest BCUT2D eigenvalue weighted by atomic mass is 9.96. The minimum Gasteiger partial charge on any atom is -0.481 e. The van der Waals surface area contributed by atoms with E-state index in [1.165, 1.54) is 0 Å². The zero-order valence-electron chi connectivity index (χ0n) is 20.6. The third kappa shape index (κ3) is 13.0. The number of carbonyl (C=O) groups excluding carboxylic acids is 3. The number of aliphatic carboxylic acids is 2. The lowest BCUT2D eigenvalue weighted by Gasteiger charge is -2.28. The van der Waals surface area contributed by atoms with Crippen LogP contribution < -0.4 is 33.2 Å². The van der Waals surface area contributed by atoms with Gasteiger partial charge in [-0.05, 0) is 51.1 Å². The Balaban J connectivity index is 5.51. The van der Waals surface area contributed by atoms with Gasteiger partial charge < -0.3 is 43.4 Å². The number of amides is 3. The fourth-order valence-corrected chi connectivity index (χ4v) is 3.27. The van der Waals surface area contributed by atoms with Crippen LogP contribution in [0.3, 0.4) is 0 Å². The maximum atomic E-state index is 13.1. The predicted octanol–water partition coefficient (Wildman–Crippen LogP) is -1.37. The van der Waals surface area contributed by atoms with Crippen LogP contribution >= 0.6 is 0 Å². The van der Waals surface area contributed by atoms with Gasteiger partial charge in [-0.2, -0.15) is 0 Å². The van der Waals surface area contributed by atoms with Crippen molar-refractivity contribution in [1.82, 2.24) is 16.0 Å². The molecule has 3 amide bonds. The first kappa shape index (κ1) is 32.2. The monoisotopic (exact) mass is 502 g/mol. The lowest BCUT2D eigenvalue weighted by Crippen LogP contribution is -2.58. The van der Waals surface area contributed by atoms with Crippen LogP contribution in [0.2, 0.25) is 0 Å². The molecule has 0 aromatic rings. The molecule has 0 saturated heterocycles. The maximum Gasteiger partial charge on any atom is 0.326 e. The average Bonchev–Trinajstić information content (AvgIpc) is 2.80. The Bertz CT molecular complexity index is 706. The first-order chi connectivity index (χ1) is 16.5. The van der Waals surface area contributed by atoms with Gasteiger partial charge in [-0.25, -0.2) is 4.79 Å². The number of carboxylic acids is 2. The van der Waals surface area contributed by atoms with Crippen molar-refractivity contribution in [3.8, 4) is 0 Å². The molecule has 0 aliphatic heterocycles. The van der Waals surface area contributed by atoms with Gasteiger partial charge in [-0.1, -0.05) is 26.7 Å². The molecule has 0 radical (unpaired) electrons. The summed E-state index contributed by atoms with van der Waals surface area (Å²) in [7, 11) is 0. The molecule has 5 atom stereocenters. The number of hydrogen-bond acceptors (Lipinski definition) is 8. The molecule has 0 aliphatic rings. The van der Waals surface area contributed by atoms with E-state index in [1.54, 1.807) is 6.92 Å². The summed E-state index contributed by atoms with van der Waals surface area (Å²) in [5.41, 5.74) is 16.9. The second kappa shape index (κ2) is 17.6. The molecular weight excluding hydrogens is 460 g/mol. The Morgan fingerprint density at radius 3 is 1.80 bits per heavy atom. The number of nitrogens with one attached hydrogen (secondary N) is 3. The SMILES string of the molecule is CCC(C)C(NC(=O)C(N)CCCCN)C(=O)NC(CCCCN)C(=O)NC(CC(=O)O)C(=O)O. The molecule has 5 unspecified atom stereocenters. The Hall–Kier alpha value is -2.77. The summed E-state index contributed by atoms with van der Waals surface area (Å²) >= 11 is 0. The van der Waals surface area contributed by atoms with E-state index in [9.17, 15) is 29.1 Å². The van der Waals surface area contributed by atoms with Gasteiger partial charge in [0.25, 0.3) is 0 Å². The van der Waals surface area contributed by atoms with Crippen LogP contribution in [0.4, 0.5) is 0 Å². The number of carboxylic acid groups (broad SMARTS) is 2. The third-order valence-corrected chi connectivity index (χ3v) is 5.67. The Kier molecular flexibility index (Phi) is 16.2. The zero-order valence-corrected chi connectivity index (χ0v) is 20.6. The fourth-order valence-electron chi connectivity index (χ4n) is 3.27. The molecule has 0 aromatic heterocycles. The van der Waals surface area contributed by atoms with E-state index in [-0.39, 0.29) is 12.3 Å². The fraction of sp³-hybridized carbons (Fsp3) is 0.773. The topological polar surface area (TPSA) is 240 Å². The minimum atomic E-state index is -1.66. The number of unbranched alkanes of at least 4 members (excludes halogenated alkanes) is 2. The summed E-state index contributed by atoms with van der Waals surface area (Å²) in [5, 5.41) is 25.5. The van der Waals surface area contributed by atoms with Gasteiger partial charge >= 0.3 is 11.9 Å². The predicted molar refractivity (Wildman–Crippen MR) is 129 cm³/mol. The van der Waals surface area contributed by atoms with Gasteiger partial charge in [-0.3, -0.25) is 19.2 Å². The quantitative estimate of drug-likeness (QED) is 0.0963. The van der Waals surface area contributed by atoms with Crippen molar-refractivity contribution in [1.29, 1.82) is 0 Å². The molecule has 35 heavy (non-hydrogen) atoms. The van der Waals surface area contributed by atoms with Crippen molar-refractivity contribution in [2.75, 3.05) is 13.1 Å². The molecule has 0 saturated carbocycles. The van der Waals surface area contributed by atoms with Crippen molar-refractivity contribution < 1.29 is 34.2 Å². The second-order valence-electron chi connectivity index (χ2n) is 8.61. The second-order valence-corrected chi connectivity index (χ2v) is 8.61. The summed E-state index contributed by atoms with van der Waals surface area (Å²) < 4.78 is 0. The van der Waals surface area contributed by atoms with E-state index in [2.05, 4.69) is 16.0 Å². The average molecular weight is 503 g/mol. The molecule has 0 bridgehead atoms. The van der Waals surface area contributed by atoms with Gasteiger partial charge in [-0.15, -0.1) is 0 Å². The summed E-state index contributed by atoms with van der Waals surface area (Å²) in [6.07, 6.45) is 2.67. The van der Waals surface area contributed by atoms with Gasteiger partial charge in [0.05, 0.1) is 12.5 Å². The van der Waals surface area contributed by atoms with E-state index >= 15 is 0 Å². The van der Waals surface area contributed by atoms with Crippen molar-refractivity contribution >= 4 is 29.7 Å². The minimum absolute atomic E-state index is 0.147. The summed E-state index contributed by atoms with van der Waals surface area (Å²) in [4.78, 5) is 60.7. The molecule has 11 N–H and O–H groups in total. The van der Waals surface area contributed by atoms with E-state index in [0.29, 0.717) is 45.2 Å². The maximum absolute atomic E-state index is 13.1. The van der Waals surface area contributed by atoms with Gasteiger partial charge in [0.1, 0.15) is 18.1 Å². The largest absolute Gasteiger partial charge is 0.481 e. The van der Waals surface area contributed by atoms with Crippen LogP contribution in [0.15, 0.2) is 0 Å². The van der Waals surface area contributed by atoms with Gasteiger partial charge in [0, 0.05) is 0 Å². The highest BCUT2D eigenvalue weighted by atomic mass is 16.4. The Morgan fingerprint density at radius 2 is 1.31 bits per heavy atom. The highest BCUT2D eigenvalue weighted by molar-refractivity contribution is 5.94. The van der Waals surface area contributed by atoms with E-state index < -0.39 is 60.2 Å². The van der Waals surface area contributed by atoms with Gasteiger partial charge in [0.2, 0.25) is 17.7 Å². The van der Waals surface area contributed by atoms with Crippen LogP contribution in [0, 0.1) is 5.92 Å². The molecule has 0 aliphatic carbocycles. The molecule has 0 fully saturated rings. The molecule has 0 spiro atoms. The first-order valence-corrected chi connectivity index (χ1v) is 12.0. The van der Waals surface area contributed by atoms with Crippen LogP contribution in [0.5, 0.6) is 0 Å². The molecule has 202 valence electrons. The normalized spacial score (nSPS) is 15.2. The molecule has 0 aromatic carbocycles. The van der Waals surface area contributed by atoms with E-state index in [1.807, 2.05) is 6.92 Å². The Morgan fingerprint density at radius 1 is 0.771 bits per heavy atom. The zero-order chi connectivity index (χ0) is 27.0. The number of carbonyl (C=O) groups is 5. The smallest absolute Gasteiger partial charge is 0.326 e.